The first-order chi connectivity index (χ1) is 9.61. The first kappa shape index (κ1) is 12.7. The Morgan fingerprint density at radius 2 is 1.85 bits per heavy atom. The van der Waals surface area contributed by atoms with Gasteiger partial charge in [0, 0.05) is 15.3 Å². The van der Waals surface area contributed by atoms with E-state index < -0.39 is 0 Å². The van der Waals surface area contributed by atoms with Gasteiger partial charge in [0.05, 0.1) is 6.42 Å². The van der Waals surface area contributed by atoms with Crippen molar-refractivity contribution in [3.63, 3.8) is 0 Å². The predicted octanol–water partition coefficient (Wildman–Crippen LogP) is 2.98. The van der Waals surface area contributed by atoms with Crippen LogP contribution in [0, 0.1) is 5.82 Å². The molecule has 0 bridgehead atoms. The maximum absolute atomic E-state index is 12.9. The topological polar surface area (TPSA) is 46.2 Å². The fourth-order valence-electron chi connectivity index (χ4n) is 1.99. The maximum Gasteiger partial charge on any atom is 0.254 e. The van der Waals surface area contributed by atoms with Gasteiger partial charge in [0.25, 0.3) is 5.91 Å². The molecule has 0 atom stereocenters. The highest BCUT2D eigenvalue weighted by molar-refractivity contribution is 7.16. The Morgan fingerprint density at radius 1 is 1.10 bits per heavy atom. The van der Waals surface area contributed by atoms with Crippen molar-refractivity contribution < 1.29 is 14.0 Å². The monoisotopic (exact) mass is 287 g/mol. The standard InChI is InChI=1S/C15H10FNO2S/c16-11-3-1-9(2-4-11)13-6-5-12(20-13)7-10-8-14(18)17-15(10)19/h1-7H,8H2,(H,17,18,19). The first-order valence-corrected chi connectivity index (χ1v) is 6.84. The summed E-state index contributed by atoms with van der Waals surface area (Å²) in [5.74, 6) is -0.864. The van der Waals surface area contributed by atoms with Gasteiger partial charge in [0.15, 0.2) is 0 Å². The average Bonchev–Trinajstić information content (AvgIpc) is 2.98. The number of carbonyl (C=O) groups is 2. The average molecular weight is 287 g/mol. The van der Waals surface area contributed by atoms with Gasteiger partial charge in [-0.3, -0.25) is 14.9 Å². The van der Waals surface area contributed by atoms with E-state index in [2.05, 4.69) is 5.32 Å². The number of amides is 2. The van der Waals surface area contributed by atoms with Gasteiger partial charge in [-0.25, -0.2) is 4.39 Å². The van der Waals surface area contributed by atoms with Crippen LogP contribution in [-0.4, -0.2) is 11.8 Å². The van der Waals surface area contributed by atoms with Crippen molar-refractivity contribution in [3.05, 3.63) is 52.7 Å². The lowest BCUT2D eigenvalue weighted by Crippen LogP contribution is -2.19. The molecule has 0 unspecified atom stereocenters. The number of imide groups is 1. The van der Waals surface area contributed by atoms with Crippen LogP contribution in [0.15, 0.2) is 42.0 Å². The van der Waals surface area contributed by atoms with Crippen molar-refractivity contribution in [2.45, 2.75) is 6.42 Å². The molecular weight excluding hydrogens is 277 g/mol. The van der Waals surface area contributed by atoms with E-state index in [1.54, 1.807) is 18.2 Å². The minimum absolute atomic E-state index is 0.128. The van der Waals surface area contributed by atoms with Gasteiger partial charge in [0.2, 0.25) is 5.91 Å². The van der Waals surface area contributed by atoms with Crippen molar-refractivity contribution in [3.8, 4) is 10.4 Å². The quantitative estimate of drug-likeness (QED) is 0.682. The van der Waals surface area contributed by atoms with E-state index in [9.17, 15) is 14.0 Å². The van der Waals surface area contributed by atoms with E-state index in [0.717, 1.165) is 15.3 Å². The Labute approximate surface area is 118 Å². The molecule has 1 aliphatic rings. The molecule has 0 saturated carbocycles. The Bertz CT molecular complexity index is 716. The molecule has 0 radical (unpaired) electrons. The molecule has 0 aliphatic carbocycles. The molecule has 1 saturated heterocycles. The lowest BCUT2D eigenvalue weighted by Gasteiger charge is -1.96. The van der Waals surface area contributed by atoms with E-state index in [4.69, 9.17) is 0 Å². The number of carbonyl (C=O) groups excluding carboxylic acids is 2. The van der Waals surface area contributed by atoms with Crippen LogP contribution in [0.4, 0.5) is 4.39 Å². The molecular formula is C15H10FNO2S. The highest BCUT2D eigenvalue weighted by atomic mass is 32.1. The Balaban J connectivity index is 1.87. The molecule has 1 aliphatic heterocycles. The molecule has 2 aromatic rings. The van der Waals surface area contributed by atoms with Gasteiger partial charge in [-0.05, 0) is 35.9 Å². The lowest BCUT2D eigenvalue weighted by molar-refractivity contribution is -0.124. The van der Waals surface area contributed by atoms with E-state index >= 15 is 0 Å². The maximum atomic E-state index is 12.9. The SMILES string of the molecule is O=C1CC(=Cc2ccc(-c3ccc(F)cc3)s2)C(=O)N1. The Hall–Kier alpha value is -2.27. The first-order valence-electron chi connectivity index (χ1n) is 6.02. The van der Waals surface area contributed by atoms with Crippen LogP contribution in [0.1, 0.15) is 11.3 Å². The molecule has 1 aromatic carbocycles. The zero-order valence-electron chi connectivity index (χ0n) is 10.4. The number of hydrogen-bond acceptors (Lipinski definition) is 3. The summed E-state index contributed by atoms with van der Waals surface area (Å²) >= 11 is 1.49. The number of rotatable bonds is 2. The zero-order chi connectivity index (χ0) is 14.1. The lowest BCUT2D eigenvalue weighted by atomic mass is 10.2. The summed E-state index contributed by atoms with van der Waals surface area (Å²) in [6.45, 7) is 0. The number of thiophene rings is 1. The summed E-state index contributed by atoms with van der Waals surface area (Å²) in [5.41, 5.74) is 1.40. The minimum atomic E-state index is -0.327. The third-order valence-corrected chi connectivity index (χ3v) is 4.05. The van der Waals surface area contributed by atoms with E-state index in [-0.39, 0.29) is 24.1 Å². The van der Waals surface area contributed by atoms with Crippen LogP contribution in [0.2, 0.25) is 0 Å². The smallest absolute Gasteiger partial charge is 0.254 e. The van der Waals surface area contributed by atoms with Crippen molar-refractivity contribution in [1.82, 2.24) is 5.32 Å². The van der Waals surface area contributed by atoms with Gasteiger partial charge in [-0.1, -0.05) is 12.1 Å². The summed E-state index contributed by atoms with van der Waals surface area (Å²) < 4.78 is 12.9. The van der Waals surface area contributed by atoms with Crippen molar-refractivity contribution in [2.75, 3.05) is 0 Å². The number of nitrogens with one attached hydrogen (secondary N) is 1. The summed E-state index contributed by atoms with van der Waals surface area (Å²) in [4.78, 5) is 24.5. The summed E-state index contributed by atoms with van der Waals surface area (Å²) in [6, 6.07) is 10.0. The summed E-state index contributed by atoms with van der Waals surface area (Å²) in [7, 11) is 0. The van der Waals surface area contributed by atoms with E-state index in [0.29, 0.717) is 5.57 Å². The molecule has 2 amide bonds. The molecule has 0 spiro atoms. The van der Waals surface area contributed by atoms with Crippen LogP contribution in [0.3, 0.4) is 0 Å². The summed E-state index contributed by atoms with van der Waals surface area (Å²) in [5, 5.41) is 2.25. The molecule has 5 heteroatoms. The van der Waals surface area contributed by atoms with E-state index in [1.165, 1.54) is 23.5 Å². The van der Waals surface area contributed by atoms with Crippen LogP contribution in [0.5, 0.6) is 0 Å². The van der Waals surface area contributed by atoms with Crippen molar-refractivity contribution in [1.29, 1.82) is 0 Å². The molecule has 100 valence electrons. The van der Waals surface area contributed by atoms with Crippen LogP contribution in [0.25, 0.3) is 16.5 Å². The number of halogens is 1. The van der Waals surface area contributed by atoms with Crippen LogP contribution >= 0.6 is 11.3 Å². The van der Waals surface area contributed by atoms with E-state index in [1.807, 2.05) is 12.1 Å². The van der Waals surface area contributed by atoms with Gasteiger partial charge < -0.3 is 0 Å². The van der Waals surface area contributed by atoms with Gasteiger partial charge in [-0.2, -0.15) is 0 Å². The fourth-order valence-corrected chi connectivity index (χ4v) is 2.97. The molecule has 1 fully saturated rings. The summed E-state index contributed by atoms with van der Waals surface area (Å²) in [6.07, 6.45) is 1.85. The van der Waals surface area contributed by atoms with Crippen LogP contribution in [-0.2, 0) is 9.59 Å². The highest BCUT2D eigenvalue weighted by Crippen LogP contribution is 2.30. The Morgan fingerprint density at radius 3 is 2.50 bits per heavy atom. The third-order valence-electron chi connectivity index (χ3n) is 2.97. The predicted molar refractivity (Wildman–Crippen MR) is 75.5 cm³/mol. The fraction of sp³-hybridized carbons (Fsp3) is 0.0667. The second-order valence-electron chi connectivity index (χ2n) is 4.43. The van der Waals surface area contributed by atoms with Crippen LogP contribution < -0.4 is 5.32 Å². The second-order valence-corrected chi connectivity index (χ2v) is 5.55. The molecule has 3 rings (SSSR count). The molecule has 1 aromatic heterocycles. The van der Waals surface area contributed by atoms with Gasteiger partial charge in [-0.15, -0.1) is 11.3 Å². The zero-order valence-corrected chi connectivity index (χ0v) is 11.2. The highest BCUT2D eigenvalue weighted by Gasteiger charge is 2.23. The normalized spacial score (nSPS) is 16.8. The molecule has 3 nitrogen and oxygen atoms in total. The third kappa shape index (κ3) is 2.53. The largest absolute Gasteiger partial charge is 0.292 e. The van der Waals surface area contributed by atoms with Gasteiger partial charge >= 0.3 is 0 Å². The molecule has 1 N–H and O–H groups in total. The second kappa shape index (κ2) is 5.02. The van der Waals surface area contributed by atoms with Crippen molar-refractivity contribution in [2.24, 2.45) is 0 Å². The van der Waals surface area contributed by atoms with Gasteiger partial charge in [0.1, 0.15) is 5.82 Å². The number of benzene rings is 1. The Kier molecular flexibility index (Phi) is 3.20. The molecule has 20 heavy (non-hydrogen) atoms. The molecule has 2 heterocycles. The number of hydrogen-bond donors (Lipinski definition) is 1. The van der Waals surface area contributed by atoms with Crippen molar-refractivity contribution >= 4 is 29.2 Å². The minimum Gasteiger partial charge on any atom is -0.292 e.